The fraction of sp³-hybridized carbons (Fsp3) is 0.556. The van der Waals surface area contributed by atoms with Gasteiger partial charge < -0.3 is 25.1 Å². The molecule has 0 fully saturated rings. The summed E-state index contributed by atoms with van der Waals surface area (Å²) in [5.74, 6) is -0.329. The highest BCUT2D eigenvalue weighted by Crippen LogP contribution is 2.13. The van der Waals surface area contributed by atoms with Gasteiger partial charge in [-0.2, -0.15) is 0 Å². The van der Waals surface area contributed by atoms with Crippen LogP contribution in [0.4, 0.5) is 0 Å². The van der Waals surface area contributed by atoms with Gasteiger partial charge in [0.1, 0.15) is 17.9 Å². The van der Waals surface area contributed by atoms with E-state index in [4.69, 9.17) is 9.57 Å². The Morgan fingerprint density at radius 3 is 2.36 bits per heavy atom. The number of rotatable bonds is 10. The van der Waals surface area contributed by atoms with E-state index in [1.807, 2.05) is 44.2 Å². The van der Waals surface area contributed by atoms with Crippen LogP contribution in [0.1, 0.15) is 26.3 Å². The van der Waals surface area contributed by atoms with Crippen molar-refractivity contribution < 1.29 is 24.6 Å². The second kappa shape index (κ2) is 10.8. The average Bonchev–Trinajstić information content (AvgIpc) is 2.59. The minimum absolute atomic E-state index is 0.00709. The van der Waals surface area contributed by atoms with Crippen molar-refractivity contribution in [2.75, 3.05) is 13.7 Å². The lowest BCUT2D eigenvalue weighted by Gasteiger charge is -2.25. The summed E-state index contributed by atoms with van der Waals surface area (Å²) < 4.78 is 5.33. The predicted octanol–water partition coefficient (Wildman–Crippen LogP) is 1.09. The third-order valence-corrected chi connectivity index (χ3v) is 3.61. The number of hydrogen-bond donors (Lipinski definition) is 3. The molecule has 1 aromatic carbocycles. The van der Waals surface area contributed by atoms with E-state index in [0.29, 0.717) is 6.54 Å². The molecule has 1 amide bonds. The number of amides is 1. The van der Waals surface area contributed by atoms with Crippen LogP contribution in [0.25, 0.3) is 0 Å². The van der Waals surface area contributed by atoms with Crippen LogP contribution in [0.5, 0.6) is 0 Å². The second-order valence-electron chi connectivity index (χ2n) is 6.14. The van der Waals surface area contributed by atoms with E-state index in [-0.39, 0.29) is 24.1 Å². The molecule has 0 radical (unpaired) electrons. The normalized spacial score (nSPS) is 15.6. The van der Waals surface area contributed by atoms with Crippen molar-refractivity contribution in [3.05, 3.63) is 35.9 Å². The van der Waals surface area contributed by atoms with Gasteiger partial charge in [0.05, 0.1) is 6.10 Å². The number of hydrogen-bond acceptors (Lipinski definition) is 6. The quantitative estimate of drug-likeness (QED) is 0.432. The Kier molecular flexibility index (Phi) is 9.12. The van der Waals surface area contributed by atoms with Gasteiger partial charge in [0.25, 0.3) is 5.91 Å². The van der Waals surface area contributed by atoms with Gasteiger partial charge in [-0.25, -0.2) is 0 Å². The van der Waals surface area contributed by atoms with Crippen LogP contribution in [0, 0.1) is 5.92 Å². The molecule has 0 aromatic heterocycles. The lowest BCUT2D eigenvalue weighted by atomic mass is 9.96. The first-order valence-electron chi connectivity index (χ1n) is 8.26. The van der Waals surface area contributed by atoms with Gasteiger partial charge in [-0.1, -0.05) is 49.3 Å². The number of methoxy groups -OCH3 is 1. The first-order valence-corrected chi connectivity index (χ1v) is 8.26. The molecule has 1 aromatic rings. The molecule has 3 atom stereocenters. The molecule has 1 rings (SSSR count). The van der Waals surface area contributed by atoms with Gasteiger partial charge in [-0.15, -0.1) is 0 Å². The largest absolute Gasteiger partial charge is 0.390 e. The SMILES string of the molecule is CO[C@H](/C(=N/OCC(=O)NCc1ccccc1)[C@@H](O)[C@@H](C)O)C(C)C. The number of aliphatic hydroxyl groups is 2. The average molecular weight is 352 g/mol. The van der Waals surface area contributed by atoms with E-state index < -0.39 is 18.3 Å². The number of carbonyl (C=O) groups is 1. The molecule has 3 N–H and O–H groups in total. The maximum atomic E-state index is 11.8. The van der Waals surface area contributed by atoms with Crippen LogP contribution in [0.2, 0.25) is 0 Å². The molecule has 25 heavy (non-hydrogen) atoms. The zero-order valence-electron chi connectivity index (χ0n) is 15.2. The van der Waals surface area contributed by atoms with E-state index >= 15 is 0 Å². The van der Waals surface area contributed by atoms with Crippen molar-refractivity contribution >= 4 is 11.6 Å². The summed E-state index contributed by atoms with van der Waals surface area (Å²) in [6, 6.07) is 9.50. The summed E-state index contributed by atoms with van der Waals surface area (Å²) in [6.07, 6.45) is -2.80. The van der Waals surface area contributed by atoms with Gasteiger partial charge in [0.2, 0.25) is 0 Å². The maximum Gasteiger partial charge on any atom is 0.261 e. The zero-order valence-corrected chi connectivity index (χ0v) is 15.2. The van der Waals surface area contributed by atoms with Crippen molar-refractivity contribution in [1.82, 2.24) is 5.32 Å². The highest BCUT2D eigenvalue weighted by atomic mass is 16.6. The smallest absolute Gasteiger partial charge is 0.261 e. The molecular weight excluding hydrogens is 324 g/mol. The van der Waals surface area contributed by atoms with Crippen LogP contribution in [-0.4, -0.2) is 53.9 Å². The Bertz CT molecular complexity index is 546. The van der Waals surface area contributed by atoms with E-state index in [0.717, 1.165) is 5.56 Å². The van der Waals surface area contributed by atoms with Crippen molar-refractivity contribution in [3.8, 4) is 0 Å². The van der Waals surface area contributed by atoms with Gasteiger partial charge >= 0.3 is 0 Å². The minimum atomic E-state index is -1.24. The first-order chi connectivity index (χ1) is 11.9. The molecule has 0 aliphatic carbocycles. The summed E-state index contributed by atoms with van der Waals surface area (Å²) in [5, 5.41) is 26.3. The fourth-order valence-corrected chi connectivity index (χ4v) is 2.27. The van der Waals surface area contributed by atoms with Gasteiger partial charge in [0.15, 0.2) is 6.61 Å². The summed E-state index contributed by atoms with van der Waals surface area (Å²) in [7, 11) is 1.49. The standard InChI is InChI=1S/C18H28N2O5/c1-12(2)18(24-4)16(17(23)13(3)21)20-25-11-15(22)19-10-14-8-6-5-7-9-14/h5-9,12-13,17-18,21,23H,10-11H2,1-4H3,(H,19,22)/b20-16+/t13-,17+,18+/m1/s1. The van der Waals surface area contributed by atoms with Gasteiger partial charge in [-0.3, -0.25) is 4.79 Å². The van der Waals surface area contributed by atoms with Crippen LogP contribution >= 0.6 is 0 Å². The number of nitrogens with zero attached hydrogens (tertiary/aromatic N) is 1. The molecular formula is C18H28N2O5. The molecule has 0 spiro atoms. The summed E-state index contributed by atoms with van der Waals surface area (Å²) >= 11 is 0. The fourth-order valence-electron chi connectivity index (χ4n) is 2.27. The third kappa shape index (κ3) is 7.21. The Labute approximate surface area is 148 Å². The number of carbonyl (C=O) groups excluding carboxylic acids is 1. The molecule has 7 heteroatoms. The molecule has 0 heterocycles. The predicted molar refractivity (Wildman–Crippen MR) is 95.0 cm³/mol. The van der Waals surface area contributed by atoms with Crippen molar-refractivity contribution in [2.24, 2.45) is 11.1 Å². The summed E-state index contributed by atoms with van der Waals surface area (Å²) in [5.41, 5.74) is 1.13. The summed E-state index contributed by atoms with van der Waals surface area (Å²) in [6.45, 7) is 5.33. The molecule has 0 unspecified atom stereocenters. The molecule has 0 aliphatic rings. The highest BCUT2D eigenvalue weighted by molar-refractivity contribution is 5.93. The van der Waals surface area contributed by atoms with E-state index in [1.54, 1.807) is 0 Å². The summed E-state index contributed by atoms with van der Waals surface area (Å²) in [4.78, 5) is 16.9. The van der Waals surface area contributed by atoms with Crippen LogP contribution < -0.4 is 5.32 Å². The molecule has 7 nitrogen and oxygen atoms in total. The lowest BCUT2D eigenvalue weighted by molar-refractivity contribution is -0.125. The van der Waals surface area contributed by atoms with Gasteiger partial charge in [-0.05, 0) is 18.4 Å². The van der Waals surface area contributed by atoms with Crippen LogP contribution in [0.15, 0.2) is 35.5 Å². The minimum Gasteiger partial charge on any atom is -0.390 e. The van der Waals surface area contributed by atoms with E-state index in [1.165, 1.54) is 14.0 Å². The molecule has 0 saturated carbocycles. The number of oxime groups is 1. The van der Waals surface area contributed by atoms with Crippen LogP contribution in [-0.2, 0) is 20.9 Å². The number of ether oxygens (including phenoxy) is 1. The molecule has 0 bridgehead atoms. The lowest BCUT2D eigenvalue weighted by Crippen LogP contribution is -2.43. The molecule has 140 valence electrons. The van der Waals surface area contributed by atoms with E-state index in [2.05, 4.69) is 10.5 Å². The number of benzene rings is 1. The Balaban J connectivity index is 2.62. The monoisotopic (exact) mass is 352 g/mol. The first kappa shape index (κ1) is 21.1. The highest BCUT2D eigenvalue weighted by Gasteiger charge is 2.29. The van der Waals surface area contributed by atoms with Crippen molar-refractivity contribution in [2.45, 2.75) is 45.6 Å². The van der Waals surface area contributed by atoms with Crippen molar-refractivity contribution in [1.29, 1.82) is 0 Å². The number of aliphatic hydroxyl groups excluding tert-OH is 2. The van der Waals surface area contributed by atoms with Crippen LogP contribution in [0.3, 0.4) is 0 Å². The Hall–Kier alpha value is -1.96. The number of nitrogens with one attached hydrogen (secondary N) is 1. The van der Waals surface area contributed by atoms with E-state index in [9.17, 15) is 15.0 Å². The Morgan fingerprint density at radius 2 is 1.84 bits per heavy atom. The molecule has 0 saturated heterocycles. The third-order valence-electron chi connectivity index (χ3n) is 3.61. The van der Waals surface area contributed by atoms with Gasteiger partial charge in [0, 0.05) is 13.7 Å². The zero-order chi connectivity index (χ0) is 18.8. The topological polar surface area (TPSA) is 100 Å². The molecule has 0 aliphatic heterocycles. The Morgan fingerprint density at radius 1 is 1.20 bits per heavy atom. The maximum absolute atomic E-state index is 11.8. The van der Waals surface area contributed by atoms with Crippen molar-refractivity contribution in [3.63, 3.8) is 0 Å². The second-order valence-corrected chi connectivity index (χ2v) is 6.14.